The molecule has 2 rings (SSSR count). The first-order valence-corrected chi connectivity index (χ1v) is 7.92. The normalized spacial score (nSPS) is 15.3. The van der Waals surface area contributed by atoms with Gasteiger partial charge < -0.3 is 15.3 Å². The fourth-order valence-corrected chi connectivity index (χ4v) is 2.83. The molecule has 1 amide bonds. The summed E-state index contributed by atoms with van der Waals surface area (Å²) in [6.45, 7) is 3.02. The van der Waals surface area contributed by atoms with Gasteiger partial charge in [-0.1, -0.05) is 12.1 Å². The average Bonchev–Trinajstić information content (AvgIpc) is 2.48. The van der Waals surface area contributed by atoms with Crippen LogP contribution < -0.4 is 5.32 Å². The molecule has 2 N–H and O–H groups in total. The molecule has 1 fully saturated rings. The zero-order valence-corrected chi connectivity index (χ0v) is 13.2. The number of aromatic hydroxyl groups is 1. The number of piperidine rings is 1. The van der Waals surface area contributed by atoms with Gasteiger partial charge in [0.25, 0.3) is 0 Å². The van der Waals surface area contributed by atoms with Gasteiger partial charge in [0.1, 0.15) is 5.75 Å². The molecule has 20 heavy (non-hydrogen) atoms. The Labute approximate surface area is 128 Å². The highest BCUT2D eigenvalue weighted by Crippen LogP contribution is 2.27. The van der Waals surface area contributed by atoms with Crippen LogP contribution in [0.3, 0.4) is 0 Å². The molecule has 5 heteroatoms. The van der Waals surface area contributed by atoms with Crippen LogP contribution in [0.2, 0.25) is 0 Å². The maximum absolute atomic E-state index is 12.0. The third-order valence-corrected chi connectivity index (χ3v) is 4.25. The molecule has 0 atom stereocenters. The van der Waals surface area contributed by atoms with E-state index in [0.717, 1.165) is 31.5 Å². The Hall–Kier alpha value is -1.07. The van der Waals surface area contributed by atoms with Crippen molar-refractivity contribution in [2.24, 2.45) is 0 Å². The van der Waals surface area contributed by atoms with Gasteiger partial charge in [-0.3, -0.25) is 4.79 Å². The zero-order valence-electron chi connectivity index (χ0n) is 11.6. The lowest BCUT2D eigenvalue weighted by atomic mass is 10.1. The highest BCUT2D eigenvalue weighted by molar-refractivity contribution is 9.10. The molecule has 1 aromatic carbocycles. The van der Waals surface area contributed by atoms with Gasteiger partial charge in [-0.15, -0.1) is 0 Å². The number of benzene rings is 1. The summed E-state index contributed by atoms with van der Waals surface area (Å²) in [5.74, 6) is 0.498. The van der Waals surface area contributed by atoms with Crippen LogP contribution in [0.5, 0.6) is 5.75 Å². The predicted octanol–water partition coefficient (Wildman–Crippen LogP) is 2.65. The van der Waals surface area contributed by atoms with E-state index in [0.29, 0.717) is 24.0 Å². The number of amides is 1. The standard InChI is InChI=1S/C15H21BrN2O2/c16-13-6-4-5-12(15(13)20)11-17-8-7-14(19)18-9-2-1-3-10-18/h4-6,17,20H,1-3,7-11H2. The van der Waals surface area contributed by atoms with Crippen LogP contribution in [0.25, 0.3) is 0 Å². The van der Waals surface area contributed by atoms with E-state index in [1.54, 1.807) is 6.07 Å². The number of halogens is 1. The summed E-state index contributed by atoms with van der Waals surface area (Å²) in [5, 5.41) is 13.1. The number of nitrogens with one attached hydrogen (secondary N) is 1. The monoisotopic (exact) mass is 340 g/mol. The lowest BCUT2D eigenvalue weighted by molar-refractivity contribution is -0.131. The second-order valence-electron chi connectivity index (χ2n) is 5.12. The molecule has 1 aliphatic rings. The maximum atomic E-state index is 12.0. The highest BCUT2D eigenvalue weighted by Gasteiger charge is 2.15. The Balaban J connectivity index is 1.70. The number of likely N-dealkylation sites (tertiary alicyclic amines) is 1. The summed E-state index contributed by atoms with van der Waals surface area (Å²) in [6.07, 6.45) is 4.02. The van der Waals surface area contributed by atoms with Crippen LogP contribution in [0.15, 0.2) is 22.7 Å². The van der Waals surface area contributed by atoms with E-state index in [1.807, 2.05) is 17.0 Å². The van der Waals surface area contributed by atoms with E-state index >= 15 is 0 Å². The molecule has 0 radical (unpaired) electrons. The molecule has 0 aromatic heterocycles. The van der Waals surface area contributed by atoms with Crippen molar-refractivity contribution in [3.05, 3.63) is 28.2 Å². The second-order valence-corrected chi connectivity index (χ2v) is 5.97. The van der Waals surface area contributed by atoms with E-state index < -0.39 is 0 Å². The molecule has 110 valence electrons. The summed E-state index contributed by atoms with van der Waals surface area (Å²) in [5.41, 5.74) is 0.838. The number of carbonyl (C=O) groups is 1. The molecule has 1 heterocycles. The summed E-state index contributed by atoms with van der Waals surface area (Å²) in [7, 11) is 0. The molecule has 1 saturated heterocycles. The number of hydrogen-bond donors (Lipinski definition) is 2. The lowest BCUT2D eigenvalue weighted by Gasteiger charge is -2.26. The molecule has 1 aromatic rings. The van der Waals surface area contributed by atoms with Crippen molar-refractivity contribution in [1.29, 1.82) is 0 Å². The minimum atomic E-state index is 0.232. The quantitative estimate of drug-likeness (QED) is 0.810. The van der Waals surface area contributed by atoms with E-state index in [-0.39, 0.29) is 11.7 Å². The van der Waals surface area contributed by atoms with Crippen molar-refractivity contribution in [2.45, 2.75) is 32.2 Å². The van der Waals surface area contributed by atoms with Crippen molar-refractivity contribution in [3.63, 3.8) is 0 Å². The SMILES string of the molecule is O=C(CCNCc1cccc(Br)c1O)N1CCCCC1. The van der Waals surface area contributed by atoms with Crippen LogP contribution in [-0.2, 0) is 11.3 Å². The molecule has 4 nitrogen and oxygen atoms in total. The van der Waals surface area contributed by atoms with Crippen LogP contribution in [0.1, 0.15) is 31.2 Å². The zero-order chi connectivity index (χ0) is 14.4. The fraction of sp³-hybridized carbons (Fsp3) is 0.533. The third-order valence-electron chi connectivity index (χ3n) is 3.61. The molecular formula is C15H21BrN2O2. The third kappa shape index (κ3) is 4.21. The Morgan fingerprint density at radius 2 is 2.05 bits per heavy atom. The van der Waals surface area contributed by atoms with Crippen molar-refractivity contribution in [2.75, 3.05) is 19.6 Å². The Kier molecular flexibility index (Phi) is 5.86. The van der Waals surface area contributed by atoms with Gasteiger partial charge in [-0.2, -0.15) is 0 Å². The molecule has 0 spiro atoms. The predicted molar refractivity (Wildman–Crippen MR) is 82.6 cm³/mol. The summed E-state index contributed by atoms with van der Waals surface area (Å²) in [4.78, 5) is 13.9. The van der Waals surface area contributed by atoms with Gasteiger partial charge >= 0.3 is 0 Å². The first-order chi connectivity index (χ1) is 9.68. The Morgan fingerprint density at radius 1 is 1.30 bits per heavy atom. The van der Waals surface area contributed by atoms with Crippen LogP contribution in [-0.4, -0.2) is 35.5 Å². The first kappa shape index (κ1) is 15.3. The molecule has 0 bridgehead atoms. The van der Waals surface area contributed by atoms with Gasteiger partial charge in [0.05, 0.1) is 4.47 Å². The number of hydrogen-bond acceptors (Lipinski definition) is 3. The fourth-order valence-electron chi connectivity index (χ4n) is 2.42. The Morgan fingerprint density at radius 3 is 2.80 bits per heavy atom. The summed E-state index contributed by atoms with van der Waals surface area (Å²) >= 11 is 3.29. The number of nitrogens with zero attached hydrogens (tertiary/aromatic N) is 1. The van der Waals surface area contributed by atoms with Crippen molar-refractivity contribution < 1.29 is 9.90 Å². The molecular weight excluding hydrogens is 320 g/mol. The smallest absolute Gasteiger partial charge is 0.223 e. The number of carbonyl (C=O) groups excluding carboxylic acids is 1. The minimum absolute atomic E-state index is 0.232. The molecule has 0 aliphatic carbocycles. The summed E-state index contributed by atoms with van der Waals surface area (Å²) < 4.78 is 0.696. The lowest BCUT2D eigenvalue weighted by Crippen LogP contribution is -2.37. The molecule has 0 saturated carbocycles. The molecule has 0 unspecified atom stereocenters. The highest BCUT2D eigenvalue weighted by atomic mass is 79.9. The van der Waals surface area contributed by atoms with Crippen LogP contribution in [0.4, 0.5) is 0 Å². The largest absolute Gasteiger partial charge is 0.506 e. The van der Waals surface area contributed by atoms with Gasteiger partial charge in [0, 0.05) is 38.2 Å². The van der Waals surface area contributed by atoms with E-state index in [2.05, 4.69) is 21.2 Å². The van der Waals surface area contributed by atoms with Crippen molar-refractivity contribution in [3.8, 4) is 5.75 Å². The van der Waals surface area contributed by atoms with E-state index in [9.17, 15) is 9.90 Å². The van der Waals surface area contributed by atoms with Crippen molar-refractivity contribution in [1.82, 2.24) is 10.2 Å². The van der Waals surface area contributed by atoms with Gasteiger partial charge in [0.15, 0.2) is 0 Å². The van der Waals surface area contributed by atoms with Crippen LogP contribution >= 0.6 is 15.9 Å². The Bertz CT molecular complexity index is 459. The van der Waals surface area contributed by atoms with E-state index in [1.165, 1.54) is 6.42 Å². The maximum Gasteiger partial charge on any atom is 0.223 e. The number of rotatable bonds is 5. The number of phenols is 1. The average molecular weight is 341 g/mol. The van der Waals surface area contributed by atoms with Gasteiger partial charge in [-0.05, 0) is 41.3 Å². The van der Waals surface area contributed by atoms with Crippen molar-refractivity contribution >= 4 is 21.8 Å². The minimum Gasteiger partial charge on any atom is -0.506 e. The van der Waals surface area contributed by atoms with Gasteiger partial charge in [-0.25, -0.2) is 0 Å². The summed E-state index contributed by atoms with van der Waals surface area (Å²) in [6, 6.07) is 5.57. The van der Waals surface area contributed by atoms with Crippen LogP contribution in [0, 0.1) is 0 Å². The second kappa shape index (κ2) is 7.64. The molecule has 1 aliphatic heterocycles. The van der Waals surface area contributed by atoms with E-state index in [4.69, 9.17) is 0 Å². The number of para-hydroxylation sites is 1. The topological polar surface area (TPSA) is 52.6 Å². The number of phenolic OH excluding ortho intramolecular Hbond substituents is 1. The first-order valence-electron chi connectivity index (χ1n) is 7.13. The van der Waals surface area contributed by atoms with Gasteiger partial charge in [0.2, 0.25) is 5.91 Å².